The van der Waals surface area contributed by atoms with Crippen molar-refractivity contribution in [1.82, 2.24) is 4.98 Å². The van der Waals surface area contributed by atoms with Gasteiger partial charge in [0.05, 0.1) is 10.5 Å². The monoisotopic (exact) mass is 203 g/mol. The van der Waals surface area contributed by atoms with Gasteiger partial charge in [0.15, 0.2) is 0 Å². The second-order valence-electron chi connectivity index (χ2n) is 3.11. The lowest BCUT2D eigenvalue weighted by Gasteiger charge is -2.12. The van der Waals surface area contributed by atoms with Crippen molar-refractivity contribution in [3.8, 4) is 0 Å². The molecule has 2 nitrogen and oxygen atoms in total. The van der Waals surface area contributed by atoms with Crippen LogP contribution < -0.4 is 0 Å². The van der Waals surface area contributed by atoms with Crippen molar-refractivity contribution in [2.24, 2.45) is 0 Å². The molecule has 0 aliphatic carbocycles. The normalized spacial score (nSPS) is 12.0. The Bertz CT molecular complexity index is 252. The molecule has 0 aliphatic heterocycles. The molecule has 0 atom stereocenters. The van der Waals surface area contributed by atoms with Gasteiger partial charge in [0, 0.05) is 11.9 Å². The maximum absolute atomic E-state index is 9.63. The minimum atomic E-state index is -0.742. The van der Waals surface area contributed by atoms with Crippen LogP contribution in [0.5, 0.6) is 0 Å². The first-order valence-corrected chi connectivity index (χ1v) is 5.91. The Hall–Kier alpha value is -0.0600. The van der Waals surface area contributed by atoms with Crippen molar-refractivity contribution in [2.75, 3.05) is 6.26 Å². The lowest BCUT2D eigenvalue weighted by Crippen LogP contribution is -2.12. The summed E-state index contributed by atoms with van der Waals surface area (Å²) in [6, 6.07) is 0. The molecule has 0 amide bonds. The Labute approximate surface area is 81.0 Å². The zero-order valence-electron chi connectivity index (χ0n) is 7.50. The molecule has 1 aromatic rings. The van der Waals surface area contributed by atoms with Crippen molar-refractivity contribution >= 4 is 23.1 Å². The van der Waals surface area contributed by atoms with Gasteiger partial charge in [-0.2, -0.15) is 11.8 Å². The SMILES string of the molecule is CSCc1ncc(C(C)(C)O)s1. The summed E-state index contributed by atoms with van der Waals surface area (Å²) < 4.78 is 0. The van der Waals surface area contributed by atoms with Crippen LogP contribution in [0.1, 0.15) is 23.7 Å². The van der Waals surface area contributed by atoms with Crippen LogP contribution in [0, 0.1) is 0 Å². The van der Waals surface area contributed by atoms with Crippen molar-refractivity contribution in [2.45, 2.75) is 25.2 Å². The second kappa shape index (κ2) is 3.77. The zero-order valence-corrected chi connectivity index (χ0v) is 9.13. The van der Waals surface area contributed by atoms with Crippen molar-refractivity contribution < 1.29 is 5.11 Å². The molecule has 0 aliphatic rings. The van der Waals surface area contributed by atoms with E-state index >= 15 is 0 Å². The predicted molar refractivity (Wildman–Crippen MR) is 54.6 cm³/mol. The lowest BCUT2D eigenvalue weighted by atomic mass is 10.1. The molecule has 1 rings (SSSR count). The summed E-state index contributed by atoms with van der Waals surface area (Å²) in [5.74, 6) is 0.931. The quantitative estimate of drug-likeness (QED) is 0.818. The molecule has 0 aromatic carbocycles. The van der Waals surface area contributed by atoms with Crippen molar-refractivity contribution in [3.05, 3.63) is 16.1 Å². The molecule has 0 bridgehead atoms. The van der Waals surface area contributed by atoms with Crippen LogP contribution in [0.25, 0.3) is 0 Å². The van der Waals surface area contributed by atoms with Gasteiger partial charge < -0.3 is 5.11 Å². The Morgan fingerprint density at radius 1 is 1.67 bits per heavy atom. The fourth-order valence-corrected chi connectivity index (χ4v) is 2.41. The molecule has 1 heterocycles. The van der Waals surface area contributed by atoms with Gasteiger partial charge in [0.1, 0.15) is 5.01 Å². The topological polar surface area (TPSA) is 33.1 Å². The van der Waals surface area contributed by atoms with E-state index < -0.39 is 5.60 Å². The zero-order chi connectivity index (χ0) is 9.19. The molecule has 12 heavy (non-hydrogen) atoms. The molecule has 1 N–H and O–H groups in total. The summed E-state index contributed by atoms with van der Waals surface area (Å²) >= 11 is 3.33. The number of aliphatic hydroxyl groups is 1. The first-order chi connectivity index (χ1) is 5.54. The number of nitrogens with zero attached hydrogens (tertiary/aromatic N) is 1. The molecular formula is C8H13NOS2. The third-order valence-electron chi connectivity index (χ3n) is 1.42. The van der Waals surface area contributed by atoms with E-state index in [4.69, 9.17) is 0 Å². The predicted octanol–water partition coefficient (Wildman–Crippen LogP) is 2.23. The molecule has 0 spiro atoms. The summed E-state index contributed by atoms with van der Waals surface area (Å²) in [5.41, 5.74) is -0.742. The molecule has 68 valence electrons. The number of thioether (sulfide) groups is 1. The van der Waals surface area contributed by atoms with Crippen LogP contribution in [-0.2, 0) is 11.4 Å². The smallest absolute Gasteiger partial charge is 0.103 e. The summed E-state index contributed by atoms with van der Waals surface area (Å²) in [6.45, 7) is 3.56. The maximum atomic E-state index is 9.63. The van der Waals surface area contributed by atoms with Crippen LogP contribution >= 0.6 is 23.1 Å². The second-order valence-corrected chi connectivity index (χ2v) is 5.09. The molecule has 1 aromatic heterocycles. The van der Waals surface area contributed by atoms with E-state index in [2.05, 4.69) is 4.98 Å². The summed E-state index contributed by atoms with van der Waals surface area (Å²) in [7, 11) is 0. The molecular weight excluding hydrogens is 190 g/mol. The van der Waals surface area contributed by atoms with Gasteiger partial charge in [-0.1, -0.05) is 0 Å². The van der Waals surface area contributed by atoms with Crippen LogP contribution in [0.3, 0.4) is 0 Å². The maximum Gasteiger partial charge on any atom is 0.103 e. The number of thiazole rings is 1. The minimum Gasteiger partial charge on any atom is -0.385 e. The van der Waals surface area contributed by atoms with E-state index in [1.54, 1.807) is 43.1 Å². The highest BCUT2D eigenvalue weighted by atomic mass is 32.2. The third-order valence-corrected chi connectivity index (χ3v) is 3.48. The molecule has 0 saturated carbocycles. The Morgan fingerprint density at radius 2 is 2.33 bits per heavy atom. The van der Waals surface area contributed by atoms with E-state index in [1.165, 1.54) is 0 Å². The van der Waals surface area contributed by atoms with E-state index in [0.717, 1.165) is 15.6 Å². The summed E-state index contributed by atoms with van der Waals surface area (Å²) in [5, 5.41) is 10.7. The van der Waals surface area contributed by atoms with E-state index in [9.17, 15) is 5.11 Å². The largest absolute Gasteiger partial charge is 0.385 e. The van der Waals surface area contributed by atoms with Crippen LogP contribution in [-0.4, -0.2) is 16.3 Å². The highest BCUT2D eigenvalue weighted by molar-refractivity contribution is 7.97. The van der Waals surface area contributed by atoms with Gasteiger partial charge in [0.25, 0.3) is 0 Å². The fraction of sp³-hybridized carbons (Fsp3) is 0.625. The van der Waals surface area contributed by atoms with Crippen molar-refractivity contribution in [1.29, 1.82) is 0 Å². The molecule has 0 saturated heterocycles. The van der Waals surface area contributed by atoms with E-state index in [1.807, 2.05) is 6.26 Å². The highest BCUT2D eigenvalue weighted by Crippen LogP contribution is 2.26. The van der Waals surface area contributed by atoms with Gasteiger partial charge >= 0.3 is 0 Å². The Morgan fingerprint density at radius 3 is 2.75 bits per heavy atom. The molecule has 0 fully saturated rings. The van der Waals surface area contributed by atoms with Gasteiger partial charge in [-0.05, 0) is 20.1 Å². The third kappa shape index (κ3) is 2.47. The summed E-state index contributed by atoms with van der Waals surface area (Å²) in [4.78, 5) is 5.15. The first-order valence-electron chi connectivity index (χ1n) is 3.70. The van der Waals surface area contributed by atoms with Crippen LogP contribution in [0.2, 0.25) is 0 Å². The number of rotatable bonds is 3. The van der Waals surface area contributed by atoms with E-state index in [-0.39, 0.29) is 0 Å². The Kier molecular flexibility index (Phi) is 3.15. The average Bonchev–Trinajstić information content (AvgIpc) is 2.35. The first kappa shape index (κ1) is 10.0. The number of hydrogen-bond donors (Lipinski definition) is 1. The lowest BCUT2D eigenvalue weighted by molar-refractivity contribution is 0.0823. The number of hydrogen-bond acceptors (Lipinski definition) is 4. The van der Waals surface area contributed by atoms with Crippen LogP contribution in [0.15, 0.2) is 6.20 Å². The highest BCUT2D eigenvalue weighted by Gasteiger charge is 2.18. The van der Waals surface area contributed by atoms with E-state index in [0.29, 0.717) is 0 Å². The standard InChI is InChI=1S/C8H13NOS2/c1-8(2,10)6-4-9-7(12-6)5-11-3/h4,10H,5H2,1-3H3. The van der Waals surface area contributed by atoms with Crippen LogP contribution in [0.4, 0.5) is 0 Å². The molecule has 4 heteroatoms. The summed E-state index contributed by atoms with van der Waals surface area (Å²) in [6.07, 6.45) is 3.81. The fourth-order valence-electron chi connectivity index (χ4n) is 0.783. The van der Waals surface area contributed by atoms with Gasteiger partial charge in [-0.15, -0.1) is 11.3 Å². The van der Waals surface area contributed by atoms with Gasteiger partial charge in [-0.25, -0.2) is 4.98 Å². The van der Waals surface area contributed by atoms with Crippen molar-refractivity contribution in [3.63, 3.8) is 0 Å². The Balaban J connectivity index is 2.77. The molecule has 0 unspecified atom stereocenters. The number of aromatic nitrogens is 1. The minimum absolute atomic E-state index is 0.742. The van der Waals surface area contributed by atoms with Gasteiger partial charge in [-0.3, -0.25) is 0 Å². The van der Waals surface area contributed by atoms with Gasteiger partial charge in [0.2, 0.25) is 0 Å². The molecule has 0 radical (unpaired) electrons. The average molecular weight is 203 g/mol.